The van der Waals surface area contributed by atoms with Crippen LogP contribution in [0, 0.1) is 0 Å². The van der Waals surface area contributed by atoms with Crippen LogP contribution in [0.3, 0.4) is 0 Å². The van der Waals surface area contributed by atoms with Crippen molar-refractivity contribution in [3.8, 4) is 0 Å². The van der Waals surface area contributed by atoms with Crippen LogP contribution in [0.2, 0.25) is 0 Å². The molecule has 11 atom stereocenters. The summed E-state index contributed by atoms with van der Waals surface area (Å²) in [5.41, 5.74) is 0. The van der Waals surface area contributed by atoms with Gasteiger partial charge >= 0.3 is 11.9 Å². The molecule has 65 heavy (non-hydrogen) atoms. The summed E-state index contributed by atoms with van der Waals surface area (Å²) in [5, 5.41) is 72.0. The summed E-state index contributed by atoms with van der Waals surface area (Å²) in [6.45, 7) is 2.51. The van der Waals surface area contributed by atoms with Crippen molar-refractivity contribution >= 4 is 11.9 Å². The summed E-state index contributed by atoms with van der Waals surface area (Å²) >= 11 is 0. The Morgan fingerprint density at radius 1 is 0.492 bits per heavy atom. The van der Waals surface area contributed by atoms with Gasteiger partial charge < -0.3 is 64.2 Å². The van der Waals surface area contributed by atoms with Crippen LogP contribution >= 0.6 is 0 Å². The van der Waals surface area contributed by atoms with Gasteiger partial charge in [0.1, 0.15) is 55.4 Å². The van der Waals surface area contributed by atoms with E-state index in [0.29, 0.717) is 12.8 Å². The van der Waals surface area contributed by atoms with Gasteiger partial charge in [-0.2, -0.15) is 0 Å². The Labute approximate surface area is 389 Å². The molecule has 15 heteroatoms. The quantitative estimate of drug-likeness (QED) is 0.0198. The van der Waals surface area contributed by atoms with Gasteiger partial charge in [0.2, 0.25) is 0 Å². The SMILES string of the molecule is CCCCC/C=C/C/C=C/CCCCCCCCCC(=O)OC[C@@H](CO[C@@H]1O[C@H](CO[C@@H]2O[C@H](CO)[C@H](O)C(O)C2O)[C@H](O)C(O)C1O)OC(=O)CCCCCCC/C=C/CCCCC. The smallest absolute Gasteiger partial charge is 0.306 e. The van der Waals surface area contributed by atoms with E-state index in [2.05, 4.69) is 50.3 Å². The van der Waals surface area contributed by atoms with Crippen LogP contribution in [0.15, 0.2) is 36.5 Å². The Morgan fingerprint density at radius 3 is 1.45 bits per heavy atom. The molecule has 4 unspecified atom stereocenters. The average Bonchev–Trinajstić information content (AvgIpc) is 3.30. The number of aliphatic hydroxyl groups excluding tert-OH is 7. The fraction of sp³-hybridized carbons (Fsp3) is 0.840. The molecule has 7 N–H and O–H groups in total. The number of ether oxygens (including phenoxy) is 6. The van der Waals surface area contributed by atoms with Crippen LogP contribution in [0.25, 0.3) is 0 Å². The number of carbonyl (C=O) groups excluding carboxylic acids is 2. The normalized spacial score (nSPS) is 26.7. The summed E-state index contributed by atoms with van der Waals surface area (Å²) < 4.78 is 33.5. The highest BCUT2D eigenvalue weighted by atomic mass is 16.7. The molecule has 0 radical (unpaired) electrons. The predicted octanol–water partition coefficient (Wildman–Crippen LogP) is 6.54. The second kappa shape index (κ2) is 37.7. The van der Waals surface area contributed by atoms with Gasteiger partial charge in [-0.3, -0.25) is 9.59 Å². The molecule has 2 heterocycles. The molecule has 378 valence electrons. The van der Waals surface area contributed by atoms with E-state index in [4.69, 9.17) is 28.4 Å². The number of hydrogen-bond donors (Lipinski definition) is 7. The fourth-order valence-corrected chi connectivity index (χ4v) is 7.65. The number of allylic oxidation sites excluding steroid dienone is 6. The van der Waals surface area contributed by atoms with E-state index in [1.807, 2.05) is 0 Å². The third-order valence-corrected chi connectivity index (χ3v) is 11.8. The molecule has 0 aromatic heterocycles. The first kappa shape index (κ1) is 58.8. The molecule has 0 spiro atoms. The summed E-state index contributed by atoms with van der Waals surface area (Å²) in [5.74, 6) is -0.945. The third kappa shape index (κ3) is 26.2. The minimum Gasteiger partial charge on any atom is -0.462 e. The van der Waals surface area contributed by atoms with Crippen LogP contribution in [-0.4, -0.2) is 142 Å². The van der Waals surface area contributed by atoms with E-state index >= 15 is 0 Å². The predicted molar refractivity (Wildman–Crippen MR) is 247 cm³/mol. The molecule has 0 amide bonds. The lowest BCUT2D eigenvalue weighted by Gasteiger charge is -2.42. The lowest BCUT2D eigenvalue weighted by Crippen LogP contribution is -2.61. The molecule has 2 rings (SSSR count). The Bertz CT molecular complexity index is 1280. The van der Waals surface area contributed by atoms with Gasteiger partial charge in [-0.15, -0.1) is 0 Å². The molecule has 0 aliphatic carbocycles. The van der Waals surface area contributed by atoms with Gasteiger partial charge in [-0.05, 0) is 70.6 Å². The number of esters is 2. The molecular formula is C50H88O15. The van der Waals surface area contributed by atoms with Crippen LogP contribution in [0.4, 0.5) is 0 Å². The summed E-state index contributed by atoms with van der Waals surface area (Å²) in [4.78, 5) is 25.7. The fourth-order valence-electron chi connectivity index (χ4n) is 7.65. The van der Waals surface area contributed by atoms with Gasteiger partial charge in [0, 0.05) is 12.8 Å². The summed E-state index contributed by atoms with van der Waals surface area (Å²) in [7, 11) is 0. The van der Waals surface area contributed by atoms with Gasteiger partial charge in [0.25, 0.3) is 0 Å². The standard InChI is InChI=1S/C50H88O15/c1-3-5-7-9-11-13-15-17-18-19-20-21-23-24-26-28-30-32-41(52)60-35-38(63-42(53)33-31-29-27-25-22-16-14-12-10-8-6-4-2)36-61-49-48(59)46(57)44(55)40(65-49)37-62-50-47(58)45(56)43(54)39(34-51)64-50/h11-14,17-18,38-40,43-51,54-59H,3-10,15-16,19-37H2,1-2H3/b13-11+,14-12+,18-17+/t38-,39+,40+,43-,44-,45?,46?,47?,48?,49+,50+/m0/s1. The maximum Gasteiger partial charge on any atom is 0.306 e. The van der Waals surface area contributed by atoms with Crippen molar-refractivity contribution in [1.82, 2.24) is 0 Å². The van der Waals surface area contributed by atoms with Crippen LogP contribution < -0.4 is 0 Å². The first-order valence-electron chi connectivity index (χ1n) is 25.1. The first-order valence-corrected chi connectivity index (χ1v) is 25.1. The van der Waals surface area contributed by atoms with Crippen molar-refractivity contribution in [2.75, 3.05) is 26.4 Å². The number of unbranched alkanes of at least 4 members (excludes halogenated alkanes) is 18. The molecule has 0 saturated carbocycles. The van der Waals surface area contributed by atoms with E-state index in [-0.39, 0.29) is 26.1 Å². The molecule has 0 aromatic rings. The second-order valence-electron chi connectivity index (χ2n) is 17.6. The minimum absolute atomic E-state index is 0.153. The van der Waals surface area contributed by atoms with Crippen molar-refractivity contribution in [1.29, 1.82) is 0 Å². The number of hydrogen-bond acceptors (Lipinski definition) is 15. The van der Waals surface area contributed by atoms with Gasteiger partial charge in [0.05, 0.1) is 19.8 Å². The highest BCUT2D eigenvalue weighted by Gasteiger charge is 2.47. The molecule has 0 bridgehead atoms. The van der Waals surface area contributed by atoms with Crippen LogP contribution in [0.1, 0.15) is 174 Å². The van der Waals surface area contributed by atoms with Crippen molar-refractivity contribution < 1.29 is 73.8 Å². The number of carbonyl (C=O) groups is 2. The largest absolute Gasteiger partial charge is 0.462 e. The zero-order valence-corrected chi connectivity index (χ0v) is 39.7. The summed E-state index contributed by atoms with van der Waals surface area (Å²) in [6.07, 6.45) is 21.7. The maximum absolute atomic E-state index is 13.0. The summed E-state index contributed by atoms with van der Waals surface area (Å²) in [6, 6.07) is 0. The molecule has 2 aliphatic heterocycles. The lowest BCUT2D eigenvalue weighted by molar-refractivity contribution is -0.332. The molecule has 2 saturated heterocycles. The van der Waals surface area contributed by atoms with E-state index in [9.17, 15) is 45.3 Å². The second-order valence-corrected chi connectivity index (χ2v) is 17.6. The zero-order valence-electron chi connectivity index (χ0n) is 39.7. The first-order chi connectivity index (χ1) is 31.5. The monoisotopic (exact) mass is 929 g/mol. The van der Waals surface area contributed by atoms with E-state index < -0.39 is 92.7 Å². The van der Waals surface area contributed by atoms with Crippen molar-refractivity contribution in [3.63, 3.8) is 0 Å². The Kier molecular flexibility index (Phi) is 34.1. The van der Waals surface area contributed by atoms with Crippen LogP contribution in [-0.2, 0) is 38.0 Å². The van der Waals surface area contributed by atoms with E-state index in [1.165, 1.54) is 57.8 Å². The van der Waals surface area contributed by atoms with Gasteiger partial charge in [0.15, 0.2) is 18.7 Å². The number of aliphatic hydroxyl groups is 7. The molecule has 2 fully saturated rings. The lowest BCUT2D eigenvalue weighted by atomic mass is 9.98. The molecular weight excluding hydrogens is 841 g/mol. The van der Waals surface area contributed by atoms with Crippen molar-refractivity contribution in [2.45, 2.75) is 242 Å². The van der Waals surface area contributed by atoms with E-state index in [1.54, 1.807) is 0 Å². The van der Waals surface area contributed by atoms with Gasteiger partial charge in [-0.25, -0.2) is 0 Å². The average molecular weight is 929 g/mol. The third-order valence-electron chi connectivity index (χ3n) is 11.8. The maximum atomic E-state index is 13.0. The highest BCUT2D eigenvalue weighted by Crippen LogP contribution is 2.26. The highest BCUT2D eigenvalue weighted by molar-refractivity contribution is 5.70. The zero-order chi connectivity index (χ0) is 47.5. The number of rotatable bonds is 38. The van der Waals surface area contributed by atoms with Gasteiger partial charge in [-0.1, -0.05) is 127 Å². The van der Waals surface area contributed by atoms with Crippen molar-refractivity contribution in [3.05, 3.63) is 36.5 Å². The Morgan fingerprint density at radius 2 is 0.923 bits per heavy atom. The molecule has 2 aliphatic rings. The minimum atomic E-state index is -1.77. The molecule has 15 nitrogen and oxygen atoms in total. The van der Waals surface area contributed by atoms with Crippen molar-refractivity contribution in [2.24, 2.45) is 0 Å². The Hall–Kier alpha value is -2.28. The Balaban J connectivity index is 1.82. The van der Waals surface area contributed by atoms with E-state index in [0.717, 1.165) is 77.0 Å². The van der Waals surface area contributed by atoms with Crippen LogP contribution in [0.5, 0.6) is 0 Å². The topological polar surface area (TPSA) is 231 Å². The molecule has 0 aromatic carbocycles.